The third-order valence-corrected chi connectivity index (χ3v) is 4.36. The predicted molar refractivity (Wildman–Crippen MR) is 105 cm³/mol. The van der Waals surface area contributed by atoms with Crippen molar-refractivity contribution < 1.29 is 14.3 Å². The number of aryl methyl sites for hydroxylation is 5. The Kier molecular flexibility index (Phi) is 5.30. The second-order valence-electron chi connectivity index (χ2n) is 6.78. The molecule has 28 heavy (non-hydrogen) atoms. The second kappa shape index (κ2) is 7.67. The number of amides is 2. The maximum atomic E-state index is 12.6. The zero-order valence-corrected chi connectivity index (χ0v) is 16.6. The topological polar surface area (TPSA) is 98.1 Å². The summed E-state index contributed by atoms with van der Waals surface area (Å²) < 4.78 is 7.17. The Balaban J connectivity index is 1.66. The minimum absolute atomic E-state index is 0.207. The van der Waals surface area contributed by atoms with Crippen molar-refractivity contribution in [3.8, 4) is 5.75 Å². The molecule has 8 nitrogen and oxygen atoms in total. The van der Waals surface area contributed by atoms with E-state index in [4.69, 9.17) is 4.74 Å². The molecule has 2 heterocycles. The summed E-state index contributed by atoms with van der Waals surface area (Å²) in [5.74, 6) is -0.259. The highest BCUT2D eigenvalue weighted by Crippen LogP contribution is 2.21. The zero-order valence-electron chi connectivity index (χ0n) is 16.6. The smallest absolute Gasteiger partial charge is 0.276 e. The first-order valence-corrected chi connectivity index (χ1v) is 8.86. The maximum absolute atomic E-state index is 12.6. The van der Waals surface area contributed by atoms with E-state index in [9.17, 15) is 9.59 Å². The molecule has 0 aliphatic heterocycles. The molecule has 2 amide bonds. The summed E-state index contributed by atoms with van der Waals surface area (Å²) in [5, 5.41) is 4.97. The highest BCUT2D eigenvalue weighted by atomic mass is 16.5. The van der Waals surface area contributed by atoms with Crippen molar-refractivity contribution in [1.29, 1.82) is 0 Å². The molecule has 0 aliphatic rings. The van der Waals surface area contributed by atoms with Gasteiger partial charge in [-0.15, -0.1) is 0 Å². The van der Waals surface area contributed by atoms with Gasteiger partial charge in [0.15, 0.2) is 12.3 Å². The molecule has 0 aliphatic carbocycles. The molecule has 2 aromatic heterocycles. The van der Waals surface area contributed by atoms with Crippen molar-refractivity contribution in [2.75, 3.05) is 6.61 Å². The van der Waals surface area contributed by atoms with Gasteiger partial charge in [-0.1, -0.05) is 12.1 Å². The summed E-state index contributed by atoms with van der Waals surface area (Å²) in [7, 11) is 1.77. The standard InChI is InChI=1S/C20H23N5O3/c1-11-6-7-12(2)16(8-11)28-10-17(26)22-23-20(27)15-9-13(3)21-19-18(15)14(4)24-25(19)5/h6-9H,10H2,1-5H3,(H,22,26)(H,23,27). The predicted octanol–water partition coefficient (Wildman–Crippen LogP) is 2.04. The summed E-state index contributed by atoms with van der Waals surface area (Å²) in [4.78, 5) is 29.1. The number of hydrazine groups is 1. The molecular weight excluding hydrogens is 358 g/mol. The van der Waals surface area contributed by atoms with E-state index in [1.54, 1.807) is 24.7 Å². The number of fused-ring (bicyclic) bond motifs is 1. The molecule has 0 unspecified atom stereocenters. The lowest BCUT2D eigenvalue weighted by molar-refractivity contribution is -0.123. The van der Waals surface area contributed by atoms with Crippen LogP contribution in [0.4, 0.5) is 0 Å². The SMILES string of the molecule is Cc1ccc(C)c(OCC(=O)NNC(=O)c2cc(C)nc3c2c(C)nn3C)c1. The van der Waals surface area contributed by atoms with Crippen LogP contribution in [0.15, 0.2) is 24.3 Å². The lowest BCUT2D eigenvalue weighted by Gasteiger charge is -2.11. The van der Waals surface area contributed by atoms with Crippen LogP contribution in [-0.4, -0.2) is 33.2 Å². The molecule has 0 atom stereocenters. The van der Waals surface area contributed by atoms with Crippen molar-refractivity contribution in [3.05, 3.63) is 52.3 Å². The highest BCUT2D eigenvalue weighted by Gasteiger charge is 2.18. The van der Waals surface area contributed by atoms with Gasteiger partial charge in [-0.3, -0.25) is 25.1 Å². The number of hydrogen-bond acceptors (Lipinski definition) is 5. The highest BCUT2D eigenvalue weighted by molar-refractivity contribution is 6.06. The fraction of sp³-hybridized carbons (Fsp3) is 0.300. The van der Waals surface area contributed by atoms with E-state index in [0.717, 1.165) is 11.1 Å². The lowest BCUT2D eigenvalue weighted by atomic mass is 10.1. The van der Waals surface area contributed by atoms with Crippen LogP contribution in [-0.2, 0) is 11.8 Å². The zero-order chi connectivity index (χ0) is 20.4. The van der Waals surface area contributed by atoms with Gasteiger partial charge in [-0.2, -0.15) is 5.10 Å². The van der Waals surface area contributed by atoms with Crippen LogP contribution in [0, 0.1) is 27.7 Å². The first-order valence-electron chi connectivity index (χ1n) is 8.86. The fourth-order valence-electron chi connectivity index (χ4n) is 2.99. The van der Waals surface area contributed by atoms with Crippen molar-refractivity contribution in [1.82, 2.24) is 25.6 Å². The molecule has 0 saturated heterocycles. The third kappa shape index (κ3) is 3.95. The third-order valence-electron chi connectivity index (χ3n) is 4.36. The number of carbonyl (C=O) groups is 2. The number of rotatable bonds is 4. The van der Waals surface area contributed by atoms with Gasteiger partial charge in [0.05, 0.1) is 16.6 Å². The van der Waals surface area contributed by atoms with Crippen molar-refractivity contribution >= 4 is 22.8 Å². The Bertz CT molecular complexity index is 1070. The van der Waals surface area contributed by atoms with Crippen LogP contribution in [0.5, 0.6) is 5.75 Å². The quantitative estimate of drug-likeness (QED) is 0.674. The number of ether oxygens (including phenoxy) is 1. The van der Waals surface area contributed by atoms with Gasteiger partial charge in [-0.25, -0.2) is 4.98 Å². The molecule has 0 radical (unpaired) electrons. The average Bonchev–Trinajstić information content (AvgIpc) is 2.93. The molecule has 2 N–H and O–H groups in total. The monoisotopic (exact) mass is 381 g/mol. The molecular formula is C20H23N5O3. The first kappa shape index (κ1) is 19.3. The van der Waals surface area contributed by atoms with E-state index < -0.39 is 11.8 Å². The number of hydrogen-bond donors (Lipinski definition) is 2. The van der Waals surface area contributed by atoms with Crippen molar-refractivity contribution in [2.45, 2.75) is 27.7 Å². The molecule has 0 bridgehead atoms. The number of benzene rings is 1. The molecule has 0 fully saturated rings. The lowest BCUT2D eigenvalue weighted by Crippen LogP contribution is -2.44. The summed E-state index contributed by atoms with van der Waals surface area (Å²) >= 11 is 0. The first-order chi connectivity index (χ1) is 13.3. The molecule has 146 valence electrons. The van der Waals surface area contributed by atoms with Crippen LogP contribution in [0.2, 0.25) is 0 Å². The molecule has 0 saturated carbocycles. The minimum atomic E-state index is -0.459. The average molecular weight is 381 g/mol. The number of nitrogens with zero attached hydrogens (tertiary/aromatic N) is 3. The second-order valence-corrected chi connectivity index (χ2v) is 6.78. The Hall–Kier alpha value is -3.42. The van der Waals surface area contributed by atoms with E-state index in [1.165, 1.54) is 0 Å². The van der Waals surface area contributed by atoms with Crippen LogP contribution in [0.25, 0.3) is 11.0 Å². The van der Waals surface area contributed by atoms with Crippen molar-refractivity contribution in [3.63, 3.8) is 0 Å². The Morgan fingerprint density at radius 1 is 1.11 bits per heavy atom. The van der Waals surface area contributed by atoms with Crippen molar-refractivity contribution in [2.24, 2.45) is 7.05 Å². The van der Waals surface area contributed by atoms with Crippen LogP contribution >= 0.6 is 0 Å². The fourth-order valence-corrected chi connectivity index (χ4v) is 2.99. The number of aromatic nitrogens is 3. The van der Waals surface area contributed by atoms with Gasteiger partial charge >= 0.3 is 0 Å². The number of carbonyl (C=O) groups excluding carboxylic acids is 2. The van der Waals surface area contributed by atoms with Gasteiger partial charge in [0.25, 0.3) is 11.8 Å². The van der Waals surface area contributed by atoms with Gasteiger partial charge < -0.3 is 4.74 Å². The molecule has 3 aromatic rings. The Morgan fingerprint density at radius 2 is 1.86 bits per heavy atom. The summed E-state index contributed by atoms with van der Waals surface area (Å²) in [5.41, 5.74) is 9.20. The largest absolute Gasteiger partial charge is 0.483 e. The van der Waals surface area contributed by atoms with E-state index in [2.05, 4.69) is 20.9 Å². The summed E-state index contributed by atoms with van der Waals surface area (Å²) in [6.07, 6.45) is 0. The number of pyridine rings is 1. The summed E-state index contributed by atoms with van der Waals surface area (Å²) in [6, 6.07) is 7.44. The minimum Gasteiger partial charge on any atom is -0.483 e. The number of nitrogens with one attached hydrogen (secondary N) is 2. The van der Waals surface area contributed by atoms with Crippen LogP contribution in [0.3, 0.4) is 0 Å². The van der Waals surface area contributed by atoms with Gasteiger partial charge in [0, 0.05) is 12.7 Å². The van der Waals surface area contributed by atoms with E-state index in [1.807, 2.05) is 39.0 Å². The van der Waals surface area contributed by atoms with E-state index in [0.29, 0.717) is 33.7 Å². The molecule has 0 spiro atoms. The summed E-state index contributed by atoms with van der Waals surface area (Å²) in [6.45, 7) is 7.26. The van der Waals surface area contributed by atoms with E-state index in [-0.39, 0.29) is 6.61 Å². The maximum Gasteiger partial charge on any atom is 0.276 e. The van der Waals surface area contributed by atoms with Crippen LogP contribution in [0.1, 0.15) is 32.9 Å². The van der Waals surface area contributed by atoms with E-state index >= 15 is 0 Å². The normalized spacial score (nSPS) is 10.8. The molecule has 8 heteroatoms. The van der Waals surface area contributed by atoms with Gasteiger partial charge in [0.1, 0.15) is 5.75 Å². The Morgan fingerprint density at radius 3 is 2.61 bits per heavy atom. The van der Waals surface area contributed by atoms with Crippen LogP contribution < -0.4 is 15.6 Å². The Labute approximate surface area is 162 Å². The molecule has 1 aromatic carbocycles. The van der Waals surface area contributed by atoms with Gasteiger partial charge in [0.2, 0.25) is 0 Å². The van der Waals surface area contributed by atoms with Gasteiger partial charge in [-0.05, 0) is 51.0 Å². The molecule has 3 rings (SSSR count).